The van der Waals surface area contributed by atoms with E-state index in [-0.39, 0.29) is 43.3 Å². The minimum atomic E-state index is -0.787. The number of halogens is 1. The smallest absolute Gasteiger partial charge is 0.306 e. The SMILES string of the molecule is CC1(C)OC[C@@H](CN(Cc2c[nH]c3ccc(F)cc23)C(=O)[C@H]2CCC(=O)O2)O1. The molecule has 1 amide bonds. The second-order valence-corrected chi connectivity index (χ2v) is 7.69. The Morgan fingerprint density at radius 1 is 1.39 bits per heavy atom. The number of rotatable bonds is 5. The predicted octanol–water partition coefficient (Wildman–Crippen LogP) is 2.49. The zero-order valence-electron chi connectivity index (χ0n) is 15.9. The third-order valence-corrected chi connectivity index (χ3v) is 5.05. The summed E-state index contributed by atoms with van der Waals surface area (Å²) in [4.78, 5) is 29.2. The summed E-state index contributed by atoms with van der Waals surface area (Å²) >= 11 is 0. The van der Waals surface area contributed by atoms with E-state index in [1.54, 1.807) is 17.2 Å². The Balaban J connectivity index is 1.57. The number of nitrogens with one attached hydrogen (secondary N) is 1. The summed E-state index contributed by atoms with van der Waals surface area (Å²) in [5, 5.41) is 0.713. The molecule has 0 radical (unpaired) electrons. The molecule has 150 valence electrons. The molecule has 2 aliphatic rings. The van der Waals surface area contributed by atoms with Crippen LogP contribution in [0.25, 0.3) is 10.9 Å². The van der Waals surface area contributed by atoms with Gasteiger partial charge in [-0.15, -0.1) is 0 Å². The number of nitrogens with zero attached hydrogens (tertiary/aromatic N) is 1. The van der Waals surface area contributed by atoms with E-state index in [2.05, 4.69) is 4.98 Å². The largest absolute Gasteiger partial charge is 0.452 e. The Kier molecular flexibility index (Phi) is 4.84. The molecule has 0 aliphatic carbocycles. The Morgan fingerprint density at radius 3 is 2.89 bits per heavy atom. The molecule has 1 aromatic carbocycles. The van der Waals surface area contributed by atoms with Gasteiger partial charge >= 0.3 is 5.97 Å². The molecule has 1 N–H and O–H groups in total. The number of aromatic nitrogens is 1. The number of fused-ring (bicyclic) bond motifs is 1. The standard InChI is InChI=1S/C20H23FN2O5/c1-20(2)26-11-14(28-20)10-23(19(25)17-5-6-18(24)27-17)9-12-8-22-16-4-3-13(21)7-15(12)16/h3-4,7-8,14,17,22H,5-6,9-11H2,1-2H3/t14-,17-/m1/s1. The van der Waals surface area contributed by atoms with Gasteiger partial charge < -0.3 is 24.1 Å². The van der Waals surface area contributed by atoms with Crippen molar-refractivity contribution in [3.63, 3.8) is 0 Å². The van der Waals surface area contributed by atoms with E-state index in [0.29, 0.717) is 18.4 Å². The van der Waals surface area contributed by atoms with Gasteiger partial charge in [0.15, 0.2) is 11.9 Å². The van der Waals surface area contributed by atoms with Crippen LogP contribution in [0.15, 0.2) is 24.4 Å². The number of hydrogen-bond donors (Lipinski definition) is 1. The Morgan fingerprint density at radius 2 is 2.21 bits per heavy atom. The van der Waals surface area contributed by atoms with Crippen LogP contribution in [0.5, 0.6) is 0 Å². The zero-order chi connectivity index (χ0) is 19.9. The van der Waals surface area contributed by atoms with Gasteiger partial charge in [0.1, 0.15) is 11.9 Å². The fourth-order valence-corrected chi connectivity index (χ4v) is 3.72. The number of ether oxygens (including phenoxy) is 3. The van der Waals surface area contributed by atoms with Gasteiger partial charge in [-0.25, -0.2) is 4.39 Å². The van der Waals surface area contributed by atoms with Crippen LogP contribution in [0.1, 0.15) is 32.3 Å². The van der Waals surface area contributed by atoms with Crippen molar-refractivity contribution in [2.75, 3.05) is 13.2 Å². The Labute approximate surface area is 161 Å². The summed E-state index contributed by atoms with van der Waals surface area (Å²) in [5.41, 5.74) is 1.57. The van der Waals surface area contributed by atoms with Crippen LogP contribution in [0.4, 0.5) is 4.39 Å². The molecular formula is C20H23FN2O5. The minimum Gasteiger partial charge on any atom is -0.452 e. The van der Waals surface area contributed by atoms with Crippen molar-refractivity contribution in [1.82, 2.24) is 9.88 Å². The van der Waals surface area contributed by atoms with Crippen molar-refractivity contribution in [3.05, 3.63) is 35.8 Å². The molecule has 28 heavy (non-hydrogen) atoms. The molecule has 8 heteroatoms. The predicted molar refractivity (Wildman–Crippen MR) is 97.7 cm³/mol. The normalized spacial score (nSPS) is 23.9. The first-order valence-corrected chi connectivity index (χ1v) is 9.36. The highest BCUT2D eigenvalue weighted by Gasteiger charge is 2.38. The third-order valence-electron chi connectivity index (χ3n) is 5.05. The zero-order valence-corrected chi connectivity index (χ0v) is 15.9. The van der Waals surface area contributed by atoms with E-state index in [4.69, 9.17) is 14.2 Å². The van der Waals surface area contributed by atoms with Crippen LogP contribution in [-0.2, 0) is 30.3 Å². The van der Waals surface area contributed by atoms with Crippen molar-refractivity contribution < 1.29 is 28.2 Å². The second-order valence-electron chi connectivity index (χ2n) is 7.69. The number of carbonyl (C=O) groups excluding carboxylic acids is 2. The molecular weight excluding hydrogens is 367 g/mol. The molecule has 0 saturated carbocycles. The molecule has 2 aromatic rings. The van der Waals surface area contributed by atoms with Crippen molar-refractivity contribution in [2.45, 2.75) is 51.2 Å². The highest BCUT2D eigenvalue weighted by Crippen LogP contribution is 2.26. The molecule has 2 aliphatic heterocycles. The lowest BCUT2D eigenvalue weighted by Crippen LogP contribution is -2.43. The first-order valence-electron chi connectivity index (χ1n) is 9.36. The fourth-order valence-electron chi connectivity index (χ4n) is 3.72. The maximum atomic E-state index is 13.7. The monoisotopic (exact) mass is 390 g/mol. The number of esters is 1. The number of amides is 1. The van der Waals surface area contributed by atoms with Gasteiger partial charge in [0.2, 0.25) is 0 Å². The highest BCUT2D eigenvalue weighted by molar-refractivity contribution is 5.88. The van der Waals surface area contributed by atoms with Gasteiger partial charge in [0.05, 0.1) is 6.61 Å². The van der Waals surface area contributed by atoms with E-state index in [0.717, 1.165) is 11.1 Å². The highest BCUT2D eigenvalue weighted by atomic mass is 19.1. The molecule has 0 spiro atoms. The molecule has 7 nitrogen and oxygen atoms in total. The summed E-state index contributed by atoms with van der Waals surface area (Å²) < 4.78 is 30.3. The number of benzene rings is 1. The Hall–Kier alpha value is -2.45. The third kappa shape index (κ3) is 3.88. The van der Waals surface area contributed by atoms with Crippen molar-refractivity contribution in [3.8, 4) is 0 Å². The maximum absolute atomic E-state index is 13.7. The van der Waals surface area contributed by atoms with Gasteiger partial charge in [-0.05, 0) is 37.6 Å². The quantitative estimate of drug-likeness (QED) is 0.794. The van der Waals surface area contributed by atoms with Gasteiger partial charge in [-0.3, -0.25) is 9.59 Å². The molecule has 3 heterocycles. The number of carbonyl (C=O) groups is 2. The van der Waals surface area contributed by atoms with E-state index < -0.39 is 11.9 Å². The molecule has 2 atom stereocenters. The topological polar surface area (TPSA) is 80.9 Å². The molecule has 0 bridgehead atoms. The second kappa shape index (κ2) is 7.18. The Bertz CT molecular complexity index is 909. The average Bonchev–Trinajstić information content (AvgIpc) is 3.33. The van der Waals surface area contributed by atoms with E-state index in [1.807, 2.05) is 13.8 Å². The van der Waals surface area contributed by atoms with Crippen molar-refractivity contribution >= 4 is 22.8 Å². The lowest BCUT2D eigenvalue weighted by Gasteiger charge is -2.27. The summed E-state index contributed by atoms with van der Waals surface area (Å²) in [6.07, 6.45) is 1.28. The molecule has 0 unspecified atom stereocenters. The number of aromatic amines is 1. The van der Waals surface area contributed by atoms with Crippen LogP contribution in [0.2, 0.25) is 0 Å². The van der Waals surface area contributed by atoms with E-state index in [9.17, 15) is 14.0 Å². The van der Waals surface area contributed by atoms with Crippen molar-refractivity contribution in [1.29, 1.82) is 0 Å². The van der Waals surface area contributed by atoms with E-state index in [1.165, 1.54) is 12.1 Å². The van der Waals surface area contributed by atoms with Crippen LogP contribution >= 0.6 is 0 Å². The van der Waals surface area contributed by atoms with Gasteiger partial charge in [0, 0.05) is 43.0 Å². The first kappa shape index (κ1) is 18.9. The molecule has 1 aromatic heterocycles. The summed E-state index contributed by atoms with van der Waals surface area (Å²) in [6.45, 7) is 4.54. The summed E-state index contributed by atoms with van der Waals surface area (Å²) in [7, 11) is 0. The summed E-state index contributed by atoms with van der Waals surface area (Å²) in [5.74, 6) is -1.69. The van der Waals surface area contributed by atoms with Gasteiger partial charge in [0.25, 0.3) is 5.91 Å². The maximum Gasteiger partial charge on any atom is 0.306 e. The van der Waals surface area contributed by atoms with Crippen LogP contribution in [-0.4, -0.2) is 52.9 Å². The molecule has 2 saturated heterocycles. The lowest BCUT2D eigenvalue weighted by atomic mass is 10.1. The minimum absolute atomic E-state index is 0.235. The molecule has 2 fully saturated rings. The van der Waals surface area contributed by atoms with Gasteiger partial charge in [-0.2, -0.15) is 0 Å². The van der Waals surface area contributed by atoms with Crippen LogP contribution < -0.4 is 0 Å². The van der Waals surface area contributed by atoms with Crippen molar-refractivity contribution in [2.24, 2.45) is 0 Å². The first-order chi connectivity index (χ1) is 13.3. The van der Waals surface area contributed by atoms with E-state index >= 15 is 0 Å². The lowest BCUT2D eigenvalue weighted by molar-refractivity contribution is -0.157. The molecule has 4 rings (SSSR count). The number of cyclic esters (lactones) is 1. The van der Waals surface area contributed by atoms with Gasteiger partial charge in [-0.1, -0.05) is 0 Å². The van der Waals surface area contributed by atoms with Crippen LogP contribution in [0.3, 0.4) is 0 Å². The average molecular weight is 390 g/mol. The summed E-state index contributed by atoms with van der Waals surface area (Å²) in [6, 6.07) is 4.49. The van der Waals surface area contributed by atoms with Crippen LogP contribution in [0, 0.1) is 5.82 Å². The fraction of sp³-hybridized carbons (Fsp3) is 0.500. The number of hydrogen-bond acceptors (Lipinski definition) is 5. The number of H-pyrrole nitrogens is 1.